The third kappa shape index (κ3) is 8.29. The van der Waals surface area contributed by atoms with Gasteiger partial charge in [0, 0.05) is 62.3 Å². The lowest BCUT2D eigenvalue weighted by Crippen LogP contribution is -2.49. The average Bonchev–Trinajstić information content (AvgIpc) is 2.97. The molecule has 10 nitrogen and oxygen atoms in total. The van der Waals surface area contributed by atoms with Crippen LogP contribution in [0.5, 0.6) is 17.4 Å². The van der Waals surface area contributed by atoms with Crippen LogP contribution < -0.4 is 25.3 Å². The number of piperazine rings is 1. The van der Waals surface area contributed by atoms with E-state index in [-0.39, 0.29) is 17.6 Å². The van der Waals surface area contributed by atoms with Crippen molar-refractivity contribution >= 4 is 17.7 Å². The highest BCUT2D eigenvalue weighted by Crippen LogP contribution is 2.37. The Hall–Kier alpha value is -3.96. The van der Waals surface area contributed by atoms with Crippen molar-refractivity contribution in [1.29, 1.82) is 0 Å². The fraction of sp³-hybridized carbons (Fsp3) is 0.452. The van der Waals surface area contributed by atoms with Crippen molar-refractivity contribution in [3.8, 4) is 28.5 Å². The molecule has 4 rings (SSSR count). The van der Waals surface area contributed by atoms with Crippen LogP contribution in [-0.4, -0.2) is 78.3 Å². The lowest BCUT2D eigenvalue weighted by atomic mass is 10.0. The van der Waals surface area contributed by atoms with Crippen LogP contribution in [0.25, 0.3) is 11.1 Å². The maximum Gasteiger partial charge on any atom is 0.411 e. The summed E-state index contributed by atoms with van der Waals surface area (Å²) in [5, 5.41) is 2.95. The Morgan fingerprint density at radius 1 is 1.10 bits per heavy atom. The molecule has 0 saturated carbocycles. The number of nitrogens with one attached hydrogen (secondary N) is 1. The minimum atomic E-state index is -1.02. The maximum atomic E-state index is 14.9. The number of primary amides is 1. The van der Waals surface area contributed by atoms with Gasteiger partial charge in [-0.15, -0.1) is 0 Å². The number of nitrogens with two attached hydrogens (primary N) is 1. The molecule has 1 amide bonds. The van der Waals surface area contributed by atoms with E-state index in [1.807, 2.05) is 18.2 Å². The molecule has 42 heavy (non-hydrogen) atoms. The molecule has 0 spiro atoms. The minimum absolute atomic E-state index is 0.0470. The van der Waals surface area contributed by atoms with Crippen molar-refractivity contribution in [1.82, 2.24) is 19.8 Å². The number of aromatic nitrogens is 2. The summed E-state index contributed by atoms with van der Waals surface area (Å²) < 4.78 is 31.4. The molecule has 3 N–H and O–H groups in total. The van der Waals surface area contributed by atoms with Crippen molar-refractivity contribution in [3.05, 3.63) is 54.0 Å². The molecule has 3 aromatic rings. The van der Waals surface area contributed by atoms with Gasteiger partial charge in [0.25, 0.3) is 0 Å². The smallest absolute Gasteiger partial charge is 0.411 e. The summed E-state index contributed by atoms with van der Waals surface area (Å²) >= 11 is 0. The number of methoxy groups -OCH3 is 1. The number of carbonyl (C=O) groups excluding carboxylic acids is 1. The third-order valence-electron chi connectivity index (χ3n) is 7.32. The molecule has 0 unspecified atom stereocenters. The molecular formula is C31H41FN6O4. The van der Waals surface area contributed by atoms with Crippen molar-refractivity contribution < 1.29 is 23.4 Å². The lowest BCUT2D eigenvalue weighted by molar-refractivity contribution is 0.0965. The van der Waals surface area contributed by atoms with E-state index in [4.69, 9.17) is 19.9 Å². The van der Waals surface area contributed by atoms with Gasteiger partial charge in [-0.3, -0.25) is 9.80 Å². The monoisotopic (exact) mass is 580 g/mol. The Kier molecular flexibility index (Phi) is 10.9. The first-order valence-electron chi connectivity index (χ1n) is 14.4. The predicted molar refractivity (Wildman–Crippen MR) is 161 cm³/mol. The van der Waals surface area contributed by atoms with Crippen molar-refractivity contribution in [3.63, 3.8) is 0 Å². The van der Waals surface area contributed by atoms with Gasteiger partial charge < -0.3 is 25.3 Å². The zero-order valence-electron chi connectivity index (χ0n) is 24.9. The number of nitrogens with zero attached hydrogens (tertiary/aromatic N) is 4. The summed E-state index contributed by atoms with van der Waals surface area (Å²) in [7, 11) is 1.57. The van der Waals surface area contributed by atoms with E-state index in [1.165, 1.54) is 12.3 Å². The van der Waals surface area contributed by atoms with Crippen LogP contribution in [0, 0.1) is 5.82 Å². The quantitative estimate of drug-likeness (QED) is 0.280. The van der Waals surface area contributed by atoms with E-state index in [0.29, 0.717) is 35.2 Å². The van der Waals surface area contributed by atoms with Crippen LogP contribution in [0.1, 0.15) is 39.2 Å². The first-order chi connectivity index (χ1) is 20.3. The molecule has 2 aromatic carbocycles. The molecule has 1 saturated heterocycles. The second kappa shape index (κ2) is 14.8. The molecule has 1 aliphatic rings. The normalized spacial score (nSPS) is 14.1. The number of unbranched alkanes of at least 4 members (excludes halogenated alkanes) is 1. The molecule has 0 radical (unpaired) electrons. The van der Waals surface area contributed by atoms with Gasteiger partial charge in [-0.05, 0) is 50.5 Å². The van der Waals surface area contributed by atoms with Crippen molar-refractivity contribution in [2.75, 3.05) is 51.8 Å². The molecule has 1 fully saturated rings. The molecule has 11 heteroatoms. The van der Waals surface area contributed by atoms with Crippen molar-refractivity contribution in [2.45, 2.75) is 46.1 Å². The van der Waals surface area contributed by atoms with Crippen LogP contribution in [-0.2, 0) is 6.42 Å². The summed E-state index contributed by atoms with van der Waals surface area (Å²) in [5.41, 5.74) is 7.94. The molecule has 0 bridgehead atoms. The minimum Gasteiger partial charge on any atom is -0.496 e. The van der Waals surface area contributed by atoms with Crippen molar-refractivity contribution in [2.24, 2.45) is 5.73 Å². The number of anilines is 2. The maximum absolute atomic E-state index is 14.9. The fourth-order valence-corrected chi connectivity index (χ4v) is 4.89. The van der Waals surface area contributed by atoms with E-state index in [1.54, 1.807) is 19.2 Å². The van der Waals surface area contributed by atoms with Gasteiger partial charge in [-0.25, -0.2) is 14.2 Å². The second-order valence-corrected chi connectivity index (χ2v) is 10.6. The number of carbonyl (C=O) groups is 1. The van der Waals surface area contributed by atoms with E-state index < -0.39 is 11.9 Å². The van der Waals surface area contributed by atoms with Crippen LogP contribution in [0.2, 0.25) is 0 Å². The van der Waals surface area contributed by atoms with Gasteiger partial charge in [0.2, 0.25) is 11.8 Å². The van der Waals surface area contributed by atoms with Crippen LogP contribution in [0.15, 0.2) is 42.6 Å². The van der Waals surface area contributed by atoms with Gasteiger partial charge >= 0.3 is 6.09 Å². The fourth-order valence-electron chi connectivity index (χ4n) is 4.89. The molecule has 0 atom stereocenters. The van der Waals surface area contributed by atoms with Gasteiger partial charge in [0.15, 0.2) is 11.6 Å². The Morgan fingerprint density at radius 3 is 2.55 bits per heavy atom. The Balaban J connectivity index is 1.42. The molecule has 226 valence electrons. The predicted octanol–water partition coefficient (Wildman–Crippen LogP) is 5.24. The number of amides is 1. The van der Waals surface area contributed by atoms with Crippen LogP contribution in [0.3, 0.4) is 0 Å². The van der Waals surface area contributed by atoms with Gasteiger partial charge in [-0.2, -0.15) is 4.98 Å². The SMILES string of the molecule is CCCCc1ccc(-c2cnc(Nc3ccc(OCCN4CCN(C(C)C)CC4)c(F)c3)nc2OC(N)=O)c(OC)c1. The highest BCUT2D eigenvalue weighted by Gasteiger charge is 2.20. The number of hydrogen-bond donors (Lipinski definition) is 2. The molecule has 0 aliphatic carbocycles. The van der Waals surface area contributed by atoms with Gasteiger partial charge in [0.05, 0.1) is 12.7 Å². The van der Waals surface area contributed by atoms with E-state index >= 15 is 0 Å². The second-order valence-electron chi connectivity index (χ2n) is 10.6. The summed E-state index contributed by atoms with van der Waals surface area (Å²) in [6, 6.07) is 10.9. The number of rotatable bonds is 13. The van der Waals surface area contributed by atoms with Crippen LogP contribution >= 0.6 is 0 Å². The Bertz CT molecular complexity index is 1350. The first kappa shape index (κ1) is 31.0. The largest absolute Gasteiger partial charge is 0.496 e. The molecular weight excluding hydrogens is 539 g/mol. The number of benzene rings is 2. The van der Waals surface area contributed by atoms with Gasteiger partial charge in [0.1, 0.15) is 12.4 Å². The Labute approximate surface area is 247 Å². The summed E-state index contributed by atoms with van der Waals surface area (Å²) in [6.45, 7) is 11.7. The highest BCUT2D eigenvalue weighted by atomic mass is 19.1. The van der Waals surface area contributed by atoms with E-state index in [9.17, 15) is 9.18 Å². The standard InChI is InChI=1S/C31H41FN6O4/c1-5-6-7-22-8-10-24(28(18-22)40-4)25-20-34-31(36-29(25)42-30(33)39)35-23-9-11-27(26(32)19-23)41-17-16-37-12-14-38(15-13-37)21(2)3/h8-11,18-21H,5-7,12-17H2,1-4H3,(H2,33,39)(H,34,35,36). The van der Waals surface area contributed by atoms with E-state index in [2.05, 4.69) is 45.9 Å². The van der Waals surface area contributed by atoms with E-state index in [0.717, 1.165) is 57.5 Å². The highest BCUT2D eigenvalue weighted by molar-refractivity contribution is 5.78. The summed E-state index contributed by atoms with van der Waals surface area (Å²) in [5.74, 6) is 0.307. The number of ether oxygens (including phenoxy) is 3. The third-order valence-corrected chi connectivity index (χ3v) is 7.32. The zero-order chi connectivity index (χ0) is 30.1. The Morgan fingerprint density at radius 2 is 1.88 bits per heavy atom. The van der Waals surface area contributed by atoms with Crippen LogP contribution in [0.4, 0.5) is 20.8 Å². The molecule has 2 heterocycles. The number of hydrogen-bond acceptors (Lipinski definition) is 9. The van der Waals surface area contributed by atoms with Gasteiger partial charge in [-0.1, -0.05) is 25.5 Å². The molecule has 1 aromatic heterocycles. The zero-order valence-corrected chi connectivity index (χ0v) is 24.9. The lowest BCUT2D eigenvalue weighted by Gasteiger charge is -2.36. The summed E-state index contributed by atoms with van der Waals surface area (Å²) in [6.07, 6.45) is 3.55. The number of aryl methyl sites for hydroxylation is 1. The topological polar surface area (TPSA) is 115 Å². The first-order valence-corrected chi connectivity index (χ1v) is 14.4. The average molecular weight is 581 g/mol. The molecule has 1 aliphatic heterocycles. The summed E-state index contributed by atoms with van der Waals surface area (Å²) in [4.78, 5) is 25.2. The number of halogens is 1.